The van der Waals surface area contributed by atoms with Crippen molar-refractivity contribution in [2.24, 2.45) is 5.41 Å². The third kappa shape index (κ3) is 7.28. The molecule has 1 aromatic rings. The highest BCUT2D eigenvalue weighted by atomic mass is 16.6. The second-order valence-electron chi connectivity index (χ2n) is 8.75. The second kappa shape index (κ2) is 13.7. The maximum atomic E-state index is 12.6. The van der Waals surface area contributed by atoms with Gasteiger partial charge in [0.15, 0.2) is 0 Å². The van der Waals surface area contributed by atoms with E-state index in [2.05, 4.69) is 21.4 Å². The molecule has 4 heterocycles. The molecule has 1 aromatic heterocycles. The smallest absolute Gasteiger partial charge is 0.312 e. The summed E-state index contributed by atoms with van der Waals surface area (Å²) in [5.74, 6) is 1.16. The van der Waals surface area contributed by atoms with Gasteiger partial charge in [-0.05, 0) is 38.8 Å². The Morgan fingerprint density at radius 2 is 1.79 bits per heavy atom. The molecule has 3 saturated heterocycles. The van der Waals surface area contributed by atoms with Crippen LogP contribution in [-0.2, 0) is 36.9 Å². The molecule has 3 aliphatic heterocycles. The molecule has 4 rings (SSSR count). The summed E-state index contributed by atoms with van der Waals surface area (Å²) in [6.45, 7) is 6.69. The van der Waals surface area contributed by atoms with Crippen LogP contribution in [0.2, 0.25) is 0 Å². The minimum absolute atomic E-state index is 0.0292. The largest absolute Gasteiger partial charge is 0.483 e. The number of ether oxygens (including phenoxy) is 1. The molecule has 11 nitrogen and oxygen atoms in total. The highest BCUT2D eigenvalue weighted by molar-refractivity contribution is 5.80. The summed E-state index contributed by atoms with van der Waals surface area (Å²) in [5, 5.41) is 13.8. The zero-order valence-electron chi connectivity index (χ0n) is 19.8. The van der Waals surface area contributed by atoms with Crippen molar-refractivity contribution in [3.05, 3.63) is 18.2 Å². The maximum absolute atomic E-state index is 12.6. The van der Waals surface area contributed by atoms with E-state index in [1.165, 1.54) is 12.8 Å². The fourth-order valence-corrected chi connectivity index (χ4v) is 5.02. The summed E-state index contributed by atoms with van der Waals surface area (Å²) in [5.41, 5.74) is -0.360. The average Bonchev–Trinajstić information content (AvgIpc) is 3.56. The summed E-state index contributed by atoms with van der Waals surface area (Å²) in [4.78, 5) is 50.6. The van der Waals surface area contributed by atoms with Crippen LogP contribution >= 0.6 is 0 Å². The SMILES string of the molecule is CCc1nccn1CCC(=O)N1CCC2(CC1)CC(CN1CCCC1)OC2=O.O=CO.O=CO. The van der Waals surface area contributed by atoms with Crippen LogP contribution in [0.25, 0.3) is 0 Å². The summed E-state index contributed by atoms with van der Waals surface area (Å²) < 4.78 is 7.80. The highest BCUT2D eigenvalue weighted by Crippen LogP contribution is 2.43. The highest BCUT2D eigenvalue weighted by Gasteiger charge is 2.51. The molecular weight excluding hydrogens is 444 g/mol. The van der Waals surface area contributed by atoms with E-state index in [0.717, 1.165) is 51.1 Å². The molecule has 3 aliphatic rings. The lowest BCUT2D eigenvalue weighted by molar-refractivity contribution is -0.152. The molecular formula is C23H36N4O7. The van der Waals surface area contributed by atoms with Gasteiger partial charge in [-0.3, -0.25) is 24.1 Å². The van der Waals surface area contributed by atoms with E-state index in [4.69, 9.17) is 24.5 Å². The number of nitrogens with zero attached hydrogens (tertiary/aromatic N) is 4. The number of carbonyl (C=O) groups is 4. The van der Waals surface area contributed by atoms with E-state index in [1.807, 2.05) is 11.1 Å². The zero-order valence-corrected chi connectivity index (χ0v) is 19.8. The van der Waals surface area contributed by atoms with Crippen LogP contribution in [0.4, 0.5) is 0 Å². The zero-order chi connectivity index (χ0) is 25.0. The van der Waals surface area contributed by atoms with Crippen molar-refractivity contribution in [2.45, 2.75) is 64.5 Å². The molecule has 11 heteroatoms. The monoisotopic (exact) mass is 480 g/mol. The van der Waals surface area contributed by atoms with Crippen molar-refractivity contribution in [3.63, 3.8) is 0 Å². The van der Waals surface area contributed by atoms with Crippen LogP contribution in [0.3, 0.4) is 0 Å². The number of likely N-dealkylation sites (tertiary alicyclic amines) is 2. The molecule has 34 heavy (non-hydrogen) atoms. The number of aryl methyl sites for hydroxylation is 2. The molecule has 1 atom stereocenters. The van der Waals surface area contributed by atoms with E-state index in [1.54, 1.807) is 6.20 Å². The molecule has 1 spiro atoms. The number of cyclic esters (lactones) is 1. The quantitative estimate of drug-likeness (QED) is 0.454. The van der Waals surface area contributed by atoms with Crippen LogP contribution in [-0.4, -0.2) is 93.2 Å². The molecule has 0 aliphatic carbocycles. The molecule has 0 saturated carbocycles. The van der Waals surface area contributed by atoms with Gasteiger partial charge < -0.3 is 24.4 Å². The van der Waals surface area contributed by atoms with Crippen LogP contribution in [0.1, 0.15) is 51.3 Å². The van der Waals surface area contributed by atoms with Crippen molar-refractivity contribution in [3.8, 4) is 0 Å². The van der Waals surface area contributed by atoms with Gasteiger partial charge in [-0.25, -0.2) is 4.98 Å². The van der Waals surface area contributed by atoms with Crippen molar-refractivity contribution in [1.82, 2.24) is 19.4 Å². The first kappa shape index (κ1) is 27.3. The number of hydrogen-bond acceptors (Lipinski definition) is 7. The number of aromatic nitrogens is 2. The third-order valence-corrected chi connectivity index (χ3v) is 6.74. The first-order valence-corrected chi connectivity index (χ1v) is 11.8. The van der Waals surface area contributed by atoms with E-state index < -0.39 is 0 Å². The van der Waals surface area contributed by atoms with Gasteiger partial charge >= 0.3 is 5.97 Å². The van der Waals surface area contributed by atoms with Gasteiger partial charge in [-0.1, -0.05) is 6.92 Å². The van der Waals surface area contributed by atoms with Crippen molar-refractivity contribution < 1.29 is 34.1 Å². The predicted octanol–water partition coefficient (Wildman–Crippen LogP) is 1.26. The summed E-state index contributed by atoms with van der Waals surface area (Å²) in [6.07, 6.45) is 9.90. The second-order valence-corrected chi connectivity index (χ2v) is 8.75. The van der Waals surface area contributed by atoms with Gasteiger partial charge in [0.25, 0.3) is 12.9 Å². The Bertz CT molecular complexity index is 793. The summed E-state index contributed by atoms with van der Waals surface area (Å²) in [6, 6.07) is 0. The Hall–Kier alpha value is -2.95. The lowest BCUT2D eigenvalue weighted by Crippen LogP contribution is -2.45. The Labute approximate surface area is 199 Å². The number of rotatable bonds is 6. The molecule has 190 valence electrons. The van der Waals surface area contributed by atoms with Gasteiger partial charge in [-0.15, -0.1) is 0 Å². The summed E-state index contributed by atoms with van der Waals surface area (Å²) in [7, 11) is 0. The standard InChI is InChI=1S/C21H32N4O3.2CH2O2/c1-2-18-22-8-14-24(18)11-5-19(26)25-12-6-21(7-13-25)15-17(28-20(21)27)16-23-9-3-4-10-23;2*2-1-3/h8,14,17H,2-7,9-13,15-16H2,1H3;2*1H,(H,2,3). The van der Waals surface area contributed by atoms with Gasteiger partial charge in [-0.2, -0.15) is 0 Å². The fourth-order valence-electron chi connectivity index (χ4n) is 5.02. The van der Waals surface area contributed by atoms with Gasteiger partial charge in [0.2, 0.25) is 5.91 Å². The number of piperidine rings is 1. The Morgan fingerprint density at radius 3 is 2.38 bits per heavy atom. The molecule has 2 N–H and O–H groups in total. The third-order valence-electron chi connectivity index (χ3n) is 6.74. The van der Waals surface area contributed by atoms with E-state index in [0.29, 0.717) is 26.1 Å². The van der Waals surface area contributed by atoms with Gasteiger partial charge in [0, 0.05) is 57.8 Å². The number of hydrogen-bond donors (Lipinski definition) is 2. The number of amides is 1. The first-order valence-electron chi connectivity index (χ1n) is 11.8. The number of esters is 1. The predicted molar refractivity (Wildman–Crippen MR) is 122 cm³/mol. The minimum Gasteiger partial charge on any atom is -0.483 e. The van der Waals surface area contributed by atoms with Gasteiger partial charge in [0.05, 0.1) is 5.41 Å². The van der Waals surface area contributed by atoms with Crippen LogP contribution in [0.15, 0.2) is 12.4 Å². The number of imidazole rings is 1. The average molecular weight is 481 g/mol. The number of carboxylic acid groups (broad SMARTS) is 2. The molecule has 0 aromatic carbocycles. The van der Waals surface area contributed by atoms with E-state index in [-0.39, 0.29) is 36.3 Å². The Balaban J connectivity index is 0.000000618. The molecule has 0 radical (unpaired) electrons. The van der Waals surface area contributed by atoms with Crippen LogP contribution < -0.4 is 0 Å². The normalized spacial score (nSPS) is 21.1. The Kier molecular flexibility index (Phi) is 11.0. The lowest BCUT2D eigenvalue weighted by atomic mass is 9.76. The summed E-state index contributed by atoms with van der Waals surface area (Å²) >= 11 is 0. The van der Waals surface area contributed by atoms with E-state index >= 15 is 0 Å². The number of carbonyl (C=O) groups excluding carboxylic acids is 2. The maximum Gasteiger partial charge on any atom is 0.312 e. The van der Waals surface area contributed by atoms with Crippen molar-refractivity contribution >= 4 is 24.8 Å². The molecule has 0 bridgehead atoms. The van der Waals surface area contributed by atoms with E-state index in [9.17, 15) is 9.59 Å². The Morgan fingerprint density at radius 1 is 1.18 bits per heavy atom. The molecule has 1 amide bonds. The van der Waals surface area contributed by atoms with Crippen molar-refractivity contribution in [2.75, 3.05) is 32.7 Å². The van der Waals surface area contributed by atoms with Crippen molar-refractivity contribution in [1.29, 1.82) is 0 Å². The molecule has 3 fully saturated rings. The minimum atomic E-state index is -0.360. The molecule has 1 unspecified atom stereocenters. The fraction of sp³-hybridized carbons (Fsp3) is 0.696. The topological polar surface area (TPSA) is 142 Å². The van der Waals surface area contributed by atoms with Gasteiger partial charge in [0.1, 0.15) is 11.9 Å². The van der Waals surface area contributed by atoms with Crippen LogP contribution in [0, 0.1) is 5.41 Å². The first-order chi connectivity index (χ1) is 16.4. The van der Waals surface area contributed by atoms with Crippen LogP contribution in [0.5, 0.6) is 0 Å². The lowest BCUT2D eigenvalue weighted by Gasteiger charge is -2.36.